The lowest BCUT2D eigenvalue weighted by molar-refractivity contribution is -0.384. The molecule has 2 heterocycles. The summed E-state index contributed by atoms with van der Waals surface area (Å²) < 4.78 is 10.2. The van der Waals surface area contributed by atoms with Crippen LogP contribution in [0.4, 0.5) is 11.5 Å². The van der Waals surface area contributed by atoms with Crippen molar-refractivity contribution in [2.24, 2.45) is 0 Å². The molecule has 10 heteroatoms. The fourth-order valence-electron chi connectivity index (χ4n) is 2.33. The first-order chi connectivity index (χ1) is 10.5. The van der Waals surface area contributed by atoms with Crippen LogP contribution in [-0.4, -0.2) is 46.7 Å². The van der Waals surface area contributed by atoms with Crippen LogP contribution in [0.5, 0.6) is 0 Å². The summed E-state index contributed by atoms with van der Waals surface area (Å²) in [6.07, 6.45) is 2.31. The number of esters is 1. The van der Waals surface area contributed by atoms with E-state index in [1.165, 1.54) is 7.11 Å². The van der Waals surface area contributed by atoms with Gasteiger partial charge in [-0.15, -0.1) is 0 Å². The number of methoxy groups -OCH3 is 1. The van der Waals surface area contributed by atoms with E-state index in [1.54, 1.807) is 0 Å². The number of carbonyl (C=O) groups excluding carboxylic acids is 1. The number of nitrogens with zero attached hydrogens (tertiary/aromatic N) is 3. The van der Waals surface area contributed by atoms with Crippen LogP contribution in [0, 0.1) is 10.1 Å². The molecule has 0 bridgehead atoms. The van der Waals surface area contributed by atoms with Crippen LogP contribution in [0.3, 0.4) is 0 Å². The summed E-state index contributed by atoms with van der Waals surface area (Å²) in [4.78, 5) is 30.1. The average Bonchev–Trinajstić information content (AvgIpc) is 2.72. The molecule has 0 amide bonds. The maximum atomic E-state index is 12.2. The Balaban J connectivity index is 2.40. The van der Waals surface area contributed by atoms with Gasteiger partial charge in [-0.1, -0.05) is 0 Å². The molecule has 1 saturated heterocycles. The molecule has 0 spiro atoms. The molecule has 0 aromatic carbocycles. The third-order valence-corrected chi connectivity index (χ3v) is 3.62. The minimum absolute atomic E-state index is 0.114. The molecule has 0 radical (unpaired) electrons. The van der Waals surface area contributed by atoms with E-state index in [9.17, 15) is 14.9 Å². The number of anilines is 1. The predicted molar refractivity (Wildman–Crippen MR) is 76.7 cm³/mol. The van der Waals surface area contributed by atoms with E-state index in [1.807, 2.05) is 0 Å². The van der Waals surface area contributed by atoms with Gasteiger partial charge in [0.05, 0.1) is 12.0 Å². The molecule has 1 aromatic heterocycles. The second-order valence-corrected chi connectivity index (χ2v) is 5.13. The highest BCUT2D eigenvalue weighted by molar-refractivity contribution is 6.28. The molecule has 1 aromatic rings. The van der Waals surface area contributed by atoms with Crippen molar-refractivity contribution in [2.45, 2.75) is 24.8 Å². The topological polar surface area (TPSA) is 116 Å². The number of rotatable bonds is 4. The van der Waals surface area contributed by atoms with E-state index in [0.29, 0.717) is 32.5 Å². The van der Waals surface area contributed by atoms with Crippen molar-refractivity contribution in [3.63, 3.8) is 0 Å². The van der Waals surface area contributed by atoms with Crippen molar-refractivity contribution in [1.29, 1.82) is 0 Å². The first-order valence-electron chi connectivity index (χ1n) is 6.60. The Morgan fingerprint density at radius 3 is 3.00 bits per heavy atom. The number of nitrogens with one attached hydrogen (secondary N) is 1. The highest BCUT2D eigenvalue weighted by Gasteiger charge is 2.42. The van der Waals surface area contributed by atoms with E-state index < -0.39 is 16.4 Å². The molecule has 1 fully saturated rings. The Kier molecular flexibility index (Phi) is 5.09. The molecule has 120 valence electrons. The molecule has 9 nitrogen and oxygen atoms in total. The lowest BCUT2D eigenvalue weighted by atomic mass is 9.90. The van der Waals surface area contributed by atoms with Gasteiger partial charge >= 0.3 is 11.7 Å². The van der Waals surface area contributed by atoms with Crippen LogP contribution >= 0.6 is 11.6 Å². The highest BCUT2D eigenvalue weighted by atomic mass is 35.5. The molecule has 0 aliphatic carbocycles. The zero-order valence-electron chi connectivity index (χ0n) is 11.9. The standard InChI is InChI=1S/C12H15ClN4O5/c1-21-10(18)12(3-2-5-22-6-4-12)16-9-8(17(19)20)7-14-11(13)15-9/h7H,2-6H2,1H3,(H,14,15,16). The maximum Gasteiger partial charge on any atom is 0.331 e. The van der Waals surface area contributed by atoms with E-state index in [-0.39, 0.29) is 16.8 Å². The average molecular weight is 331 g/mol. The summed E-state index contributed by atoms with van der Waals surface area (Å²) in [6.45, 7) is 0.835. The van der Waals surface area contributed by atoms with E-state index >= 15 is 0 Å². The first-order valence-corrected chi connectivity index (χ1v) is 6.97. The van der Waals surface area contributed by atoms with Crippen LogP contribution < -0.4 is 5.32 Å². The molecule has 22 heavy (non-hydrogen) atoms. The summed E-state index contributed by atoms with van der Waals surface area (Å²) in [5.74, 6) is -0.640. The van der Waals surface area contributed by atoms with Crippen LogP contribution in [0.1, 0.15) is 19.3 Å². The van der Waals surface area contributed by atoms with Gasteiger partial charge in [-0.3, -0.25) is 10.1 Å². The van der Waals surface area contributed by atoms with Crippen molar-refractivity contribution >= 4 is 29.1 Å². The number of halogens is 1. The van der Waals surface area contributed by atoms with Gasteiger partial charge in [0.1, 0.15) is 11.7 Å². The van der Waals surface area contributed by atoms with Crippen LogP contribution in [0.15, 0.2) is 6.20 Å². The van der Waals surface area contributed by atoms with Crippen LogP contribution in [0.25, 0.3) is 0 Å². The Morgan fingerprint density at radius 1 is 1.55 bits per heavy atom. The summed E-state index contributed by atoms with van der Waals surface area (Å²) in [6, 6.07) is 0. The smallest absolute Gasteiger partial charge is 0.331 e. The van der Waals surface area contributed by atoms with E-state index in [2.05, 4.69) is 15.3 Å². The van der Waals surface area contributed by atoms with Crippen molar-refractivity contribution in [3.05, 3.63) is 21.6 Å². The van der Waals surface area contributed by atoms with Crippen LogP contribution in [-0.2, 0) is 14.3 Å². The first kappa shape index (κ1) is 16.4. The Hall–Kier alpha value is -2.00. The van der Waals surface area contributed by atoms with Crippen molar-refractivity contribution < 1.29 is 19.2 Å². The van der Waals surface area contributed by atoms with Gasteiger partial charge in [-0.2, -0.15) is 4.98 Å². The fraction of sp³-hybridized carbons (Fsp3) is 0.583. The summed E-state index contributed by atoms with van der Waals surface area (Å²) in [7, 11) is 1.26. The number of nitro groups is 1. The molecule has 0 saturated carbocycles. The van der Waals surface area contributed by atoms with Crippen LogP contribution in [0.2, 0.25) is 5.28 Å². The molecule has 2 rings (SSSR count). The minimum atomic E-state index is -1.15. The predicted octanol–water partition coefficient (Wildman–Crippen LogP) is 1.56. The number of ether oxygens (including phenoxy) is 2. The number of aromatic nitrogens is 2. The zero-order valence-corrected chi connectivity index (χ0v) is 12.6. The summed E-state index contributed by atoms with van der Waals surface area (Å²) in [5, 5.41) is 13.8. The van der Waals surface area contributed by atoms with Gasteiger partial charge in [0.15, 0.2) is 0 Å². The number of hydrogen-bond acceptors (Lipinski definition) is 8. The maximum absolute atomic E-state index is 12.2. The summed E-state index contributed by atoms with van der Waals surface area (Å²) >= 11 is 5.70. The lowest BCUT2D eigenvalue weighted by Crippen LogP contribution is -2.47. The third-order valence-electron chi connectivity index (χ3n) is 3.44. The largest absolute Gasteiger partial charge is 0.467 e. The SMILES string of the molecule is COC(=O)C1(Nc2nc(Cl)ncc2[N+](=O)[O-])CCCOCC1. The second kappa shape index (κ2) is 6.84. The Labute approximate surface area is 131 Å². The van der Waals surface area contributed by atoms with E-state index in [4.69, 9.17) is 21.1 Å². The zero-order chi connectivity index (χ0) is 16.2. The van der Waals surface area contributed by atoms with Gasteiger partial charge < -0.3 is 14.8 Å². The van der Waals surface area contributed by atoms with E-state index in [0.717, 1.165) is 6.20 Å². The number of carbonyl (C=O) groups is 1. The molecular weight excluding hydrogens is 316 g/mol. The number of hydrogen-bond donors (Lipinski definition) is 1. The van der Waals surface area contributed by atoms with Gasteiger partial charge in [-0.25, -0.2) is 9.78 Å². The van der Waals surface area contributed by atoms with Gasteiger partial charge in [0, 0.05) is 19.6 Å². The minimum Gasteiger partial charge on any atom is -0.467 e. The van der Waals surface area contributed by atoms with Crippen molar-refractivity contribution in [2.75, 3.05) is 25.6 Å². The molecular formula is C12H15ClN4O5. The highest BCUT2D eigenvalue weighted by Crippen LogP contribution is 2.31. The summed E-state index contributed by atoms with van der Waals surface area (Å²) in [5.41, 5.74) is -1.51. The van der Waals surface area contributed by atoms with Gasteiger partial charge in [0.2, 0.25) is 11.1 Å². The molecule has 1 atom stereocenters. The fourth-order valence-corrected chi connectivity index (χ4v) is 2.46. The quantitative estimate of drug-likeness (QED) is 0.382. The van der Waals surface area contributed by atoms with Gasteiger partial charge in [-0.05, 0) is 24.4 Å². The van der Waals surface area contributed by atoms with Crippen molar-refractivity contribution in [3.8, 4) is 0 Å². The van der Waals surface area contributed by atoms with Crippen molar-refractivity contribution in [1.82, 2.24) is 9.97 Å². The Bertz CT molecular complexity index is 575. The van der Waals surface area contributed by atoms with Gasteiger partial charge in [0.25, 0.3) is 0 Å². The Morgan fingerprint density at radius 2 is 2.32 bits per heavy atom. The molecule has 1 unspecified atom stereocenters. The normalized spacial score (nSPS) is 21.7. The third kappa shape index (κ3) is 3.42. The molecule has 1 aliphatic heterocycles. The lowest BCUT2D eigenvalue weighted by Gasteiger charge is -2.30. The molecule has 1 N–H and O–H groups in total. The monoisotopic (exact) mass is 330 g/mol. The second-order valence-electron chi connectivity index (χ2n) is 4.79. The molecule has 1 aliphatic rings.